The van der Waals surface area contributed by atoms with Crippen molar-refractivity contribution in [1.82, 2.24) is 10.2 Å². The number of carbonyl (C=O) groups excluding carboxylic acids is 1. The van der Waals surface area contributed by atoms with Crippen LogP contribution in [0.2, 0.25) is 0 Å². The molecule has 0 fully saturated rings. The molecule has 0 radical (unpaired) electrons. The van der Waals surface area contributed by atoms with E-state index in [2.05, 4.69) is 36.5 Å². The van der Waals surface area contributed by atoms with E-state index in [9.17, 15) is 4.79 Å². The summed E-state index contributed by atoms with van der Waals surface area (Å²) < 4.78 is 5.24. The van der Waals surface area contributed by atoms with Crippen molar-refractivity contribution in [3.8, 4) is 0 Å². The monoisotopic (exact) mass is 278 g/mol. The third kappa shape index (κ3) is 5.21. The average Bonchev–Trinajstić information content (AvgIpc) is 2.48. The van der Waals surface area contributed by atoms with Gasteiger partial charge in [-0.3, -0.25) is 0 Å². The highest BCUT2D eigenvalue weighted by atomic mass is 16.5. The van der Waals surface area contributed by atoms with Crippen molar-refractivity contribution in [3.05, 3.63) is 35.4 Å². The van der Waals surface area contributed by atoms with E-state index in [1.165, 1.54) is 5.56 Å². The lowest BCUT2D eigenvalue weighted by molar-refractivity contribution is 0.0983. The molecular formula is C16H26N2O2. The van der Waals surface area contributed by atoms with E-state index < -0.39 is 0 Å². The van der Waals surface area contributed by atoms with Gasteiger partial charge in [-0.2, -0.15) is 0 Å². The number of nitrogens with zero attached hydrogens (tertiary/aromatic N) is 1. The topological polar surface area (TPSA) is 41.6 Å². The quantitative estimate of drug-likeness (QED) is 0.833. The van der Waals surface area contributed by atoms with Gasteiger partial charge in [0.25, 0.3) is 0 Å². The smallest absolute Gasteiger partial charge is 0.317 e. The number of benzene rings is 1. The summed E-state index contributed by atoms with van der Waals surface area (Å²) in [6.07, 6.45) is 2.00. The SMILES string of the molecule is CCc1ccc(CN(C)C(=O)NCC(CC)OC)cc1. The van der Waals surface area contributed by atoms with E-state index >= 15 is 0 Å². The Hall–Kier alpha value is -1.55. The minimum atomic E-state index is -0.0694. The number of nitrogens with one attached hydrogen (secondary N) is 1. The molecule has 1 aromatic carbocycles. The normalized spacial score (nSPS) is 12.0. The van der Waals surface area contributed by atoms with Gasteiger partial charge in [-0.25, -0.2) is 4.79 Å². The Kier molecular flexibility index (Phi) is 7.09. The third-order valence-electron chi connectivity index (χ3n) is 3.47. The van der Waals surface area contributed by atoms with Crippen molar-refractivity contribution < 1.29 is 9.53 Å². The second-order valence-corrected chi connectivity index (χ2v) is 4.98. The second-order valence-electron chi connectivity index (χ2n) is 4.98. The fourth-order valence-corrected chi connectivity index (χ4v) is 1.96. The first-order chi connectivity index (χ1) is 9.60. The number of methoxy groups -OCH3 is 1. The van der Waals surface area contributed by atoms with Gasteiger partial charge < -0.3 is 15.0 Å². The molecule has 2 amide bonds. The van der Waals surface area contributed by atoms with Crippen molar-refractivity contribution >= 4 is 6.03 Å². The Morgan fingerprint density at radius 3 is 2.35 bits per heavy atom. The molecule has 4 nitrogen and oxygen atoms in total. The van der Waals surface area contributed by atoms with Crippen molar-refractivity contribution in [2.75, 3.05) is 20.7 Å². The summed E-state index contributed by atoms with van der Waals surface area (Å²) in [6, 6.07) is 8.30. The number of urea groups is 1. The van der Waals surface area contributed by atoms with Gasteiger partial charge in [-0.1, -0.05) is 38.1 Å². The molecular weight excluding hydrogens is 252 g/mol. The summed E-state index contributed by atoms with van der Waals surface area (Å²) in [5.41, 5.74) is 2.45. The highest BCUT2D eigenvalue weighted by molar-refractivity contribution is 5.73. The predicted octanol–water partition coefficient (Wildman–Crippen LogP) is 2.82. The lowest BCUT2D eigenvalue weighted by Crippen LogP contribution is -2.40. The summed E-state index contributed by atoms with van der Waals surface area (Å²) in [4.78, 5) is 13.6. The van der Waals surface area contributed by atoms with Gasteiger partial charge in [0.15, 0.2) is 0 Å². The molecule has 1 rings (SSSR count). The molecule has 0 aliphatic heterocycles. The zero-order valence-corrected chi connectivity index (χ0v) is 13.0. The number of rotatable bonds is 7. The zero-order chi connectivity index (χ0) is 15.0. The van der Waals surface area contributed by atoms with Crippen molar-refractivity contribution in [2.45, 2.75) is 39.3 Å². The molecule has 0 saturated carbocycles. The van der Waals surface area contributed by atoms with E-state index in [1.807, 2.05) is 6.92 Å². The van der Waals surface area contributed by atoms with Crippen molar-refractivity contribution in [2.24, 2.45) is 0 Å². The highest BCUT2D eigenvalue weighted by Gasteiger charge is 2.11. The molecule has 0 heterocycles. The van der Waals surface area contributed by atoms with E-state index in [4.69, 9.17) is 4.74 Å². The average molecular weight is 278 g/mol. The van der Waals surface area contributed by atoms with Gasteiger partial charge in [-0.15, -0.1) is 0 Å². The standard InChI is InChI=1S/C16H26N2O2/c1-5-13-7-9-14(10-8-13)12-18(3)16(19)17-11-15(6-2)20-4/h7-10,15H,5-6,11-12H2,1-4H3,(H,17,19). The molecule has 0 aliphatic rings. The second kappa shape index (κ2) is 8.59. The van der Waals surface area contributed by atoms with Crippen LogP contribution in [0, 0.1) is 0 Å². The summed E-state index contributed by atoms with van der Waals surface area (Å²) in [7, 11) is 3.47. The molecule has 20 heavy (non-hydrogen) atoms. The highest BCUT2D eigenvalue weighted by Crippen LogP contribution is 2.07. The van der Waals surface area contributed by atoms with Gasteiger partial charge >= 0.3 is 6.03 Å². The van der Waals surface area contributed by atoms with Gasteiger partial charge in [0.2, 0.25) is 0 Å². The van der Waals surface area contributed by atoms with Crippen LogP contribution >= 0.6 is 0 Å². The Labute approximate surface area is 122 Å². The van der Waals surface area contributed by atoms with E-state index in [0.29, 0.717) is 13.1 Å². The summed E-state index contributed by atoms with van der Waals surface area (Å²) in [6.45, 7) is 5.33. The molecule has 0 bridgehead atoms. The number of amides is 2. The van der Waals surface area contributed by atoms with Crippen LogP contribution < -0.4 is 5.32 Å². The third-order valence-corrected chi connectivity index (χ3v) is 3.47. The Bertz CT molecular complexity index is 399. The summed E-state index contributed by atoms with van der Waals surface area (Å²) >= 11 is 0. The Morgan fingerprint density at radius 1 is 1.25 bits per heavy atom. The fraction of sp³-hybridized carbons (Fsp3) is 0.562. The predicted molar refractivity (Wildman–Crippen MR) is 81.8 cm³/mol. The minimum Gasteiger partial charge on any atom is -0.380 e. The van der Waals surface area contributed by atoms with Gasteiger partial charge in [0.1, 0.15) is 0 Å². The molecule has 112 valence electrons. The first-order valence-electron chi connectivity index (χ1n) is 7.20. The Balaban J connectivity index is 2.44. The molecule has 1 unspecified atom stereocenters. The van der Waals surface area contributed by atoms with Crippen molar-refractivity contribution in [3.63, 3.8) is 0 Å². The maximum Gasteiger partial charge on any atom is 0.317 e. The minimum absolute atomic E-state index is 0.0694. The zero-order valence-electron chi connectivity index (χ0n) is 13.0. The Morgan fingerprint density at radius 2 is 1.85 bits per heavy atom. The van der Waals surface area contributed by atoms with Gasteiger partial charge in [0, 0.05) is 27.2 Å². The molecule has 0 aromatic heterocycles. The van der Waals surface area contributed by atoms with Crippen LogP contribution in [-0.2, 0) is 17.7 Å². The van der Waals surface area contributed by atoms with Gasteiger partial charge in [0.05, 0.1) is 6.10 Å². The number of hydrogen-bond donors (Lipinski definition) is 1. The van der Waals surface area contributed by atoms with Crippen LogP contribution in [-0.4, -0.2) is 37.7 Å². The van der Waals surface area contributed by atoms with Crippen LogP contribution in [0.15, 0.2) is 24.3 Å². The molecule has 0 aliphatic carbocycles. The lowest BCUT2D eigenvalue weighted by atomic mass is 10.1. The van der Waals surface area contributed by atoms with E-state index in [0.717, 1.165) is 18.4 Å². The molecule has 1 aromatic rings. The van der Waals surface area contributed by atoms with Crippen LogP contribution in [0.3, 0.4) is 0 Å². The summed E-state index contributed by atoms with van der Waals surface area (Å²) in [5.74, 6) is 0. The fourth-order valence-electron chi connectivity index (χ4n) is 1.96. The lowest BCUT2D eigenvalue weighted by Gasteiger charge is -2.20. The number of ether oxygens (including phenoxy) is 1. The van der Waals surface area contributed by atoms with Crippen molar-refractivity contribution in [1.29, 1.82) is 0 Å². The largest absolute Gasteiger partial charge is 0.380 e. The molecule has 4 heteroatoms. The maximum atomic E-state index is 12.0. The van der Waals surface area contributed by atoms with Crippen LogP contribution in [0.5, 0.6) is 0 Å². The first-order valence-corrected chi connectivity index (χ1v) is 7.20. The number of carbonyl (C=O) groups is 1. The number of hydrogen-bond acceptors (Lipinski definition) is 2. The maximum absolute atomic E-state index is 12.0. The first kappa shape index (κ1) is 16.5. The van der Waals surface area contributed by atoms with E-state index in [-0.39, 0.29) is 12.1 Å². The van der Waals surface area contributed by atoms with E-state index in [1.54, 1.807) is 19.1 Å². The van der Waals surface area contributed by atoms with Crippen LogP contribution in [0.1, 0.15) is 31.4 Å². The van der Waals surface area contributed by atoms with Crippen LogP contribution in [0.25, 0.3) is 0 Å². The van der Waals surface area contributed by atoms with Crippen LogP contribution in [0.4, 0.5) is 4.79 Å². The molecule has 0 saturated heterocycles. The molecule has 1 N–H and O–H groups in total. The summed E-state index contributed by atoms with van der Waals surface area (Å²) in [5, 5.41) is 2.89. The molecule has 0 spiro atoms. The van der Waals surface area contributed by atoms with Gasteiger partial charge in [-0.05, 0) is 24.0 Å². The number of aryl methyl sites for hydroxylation is 1. The molecule has 1 atom stereocenters.